The zero-order valence-corrected chi connectivity index (χ0v) is 12.3. The number of hydrogen-bond acceptors (Lipinski definition) is 4. The normalized spacial score (nSPS) is 14.2. The minimum atomic E-state index is -0.751. The molecule has 0 N–H and O–H groups in total. The molecular formula is C15H18FNO4. The number of anilines is 1. The van der Waals surface area contributed by atoms with Gasteiger partial charge in [-0.2, -0.15) is 0 Å². The Bertz CT molecular complexity index is 567. The van der Waals surface area contributed by atoms with Crippen LogP contribution in [0.3, 0.4) is 0 Å². The van der Waals surface area contributed by atoms with Gasteiger partial charge in [0.1, 0.15) is 5.82 Å². The first-order valence-electron chi connectivity index (χ1n) is 6.89. The Morgan fingerprint density at radius 2 is 1.81 bits per heavy atom. The van der Waals surface area contributed by atoms with Crippen LogP contribution in [0.25, 0.3) is 0 Å². The van der Waals surface area contributed by atoms with Crippen molar-refractivity contribution in [2.24, 2.45) is 0 Å². The van der Waals surface area contributed by atoms with Crippen molar-refractivity contribution < 1.29 is 23.5 Å². The van der Waals surface area contributed by atoms with Gasteiger partial charge in [0.2, 0.25) is 0 Å². The fourth-order valence-electron chi connectivity index (χ4n) is 2.37. The van der Waals surface area contributed by atoms with E-state index in [9.17, 15) is 14.0 Å². The van der Waals surface area contributed by atoms with Crippen molar-refractivity contribution in [2.75, 3.05) is 24.7 Å². The number of amides is 1. The maximum absolute atomic E-state index is 14.1. The Balaban J connectivity index is 2.34. The highest BCUT2D eigenvalue weighted by Gasteiger charge is 2.39. The van der Waals surface area contributed by atoms with Gasteiger partial charge in [-0.25, -0.2) is 4.39 Å². The van der Waals surface area contributed by atoms with Crippen molar-refractivity contribution in [3.05, 3.63) is 29.1 Å². The number of ketones is 1. The van der Waals surface area contributed by atoms with Crippen LogP contribution < -0.4 is 4.90 Å². The van der Waals surface area contributed by atoms with Gasteiger partial charge in [-0.15, -0.1) is 0 Å². The van der Waals surface area contributed by atoms with Crippen LogP contribution in [0, 0.1) is 12.7 Å². The highest BCUT2D eigenvalue weighted by molar-refractivity contribution is 6.52. The molecule has 0 unspecified atom stereocenters. The fraction of sp³-hybridized carbons (Fsp3) is 0.467. The van der Waals surface area contributed by atoms with Crippen LogP contribution >= 0.6 is 0 Å². The molecule has 21 heavy (non-hydrogen) atoms. The summed E-state index contributed by atoms with van der Waals surface area (Å²) in [5.41, 5.74) is 0.713. The second-order valence-electron chi connectivity index (χ2n) is 4.73. The summed E-state index contributed by atoms with van der Waals surface area (Å²) in [4.78, 5) is 25.1. The molecular weight excluding hydrogens is 277 g/mol. The average molecular weight is 295 g/mol. The molecule has 0 bridgehead atoms. The largest absolute Gasteiger partial charge is 0.351 e. The zero-order chi connectivity index (χ0) is 15.6. The Morgan fingerprint density at radius 1 is 1.19 bits per heavy atom. The van der Waals surface area contributed by atoms with Gasteiger partial charge in [0.05, 0.1) is 17.8 Å². The number of Topliss-reactive ketones (excluding diaryl/α,β-unsaturated/α-hetero) is 1. The second kappa shape index (κ2) is 6.32. The molecule has 0 fully saturated rings. The Morgan fingerprint density at radius 3 is 2.38 bits per heavy atom. The highest BCUT2D eigenvalue weighted by Crippen LogP contribution is 2.33. The summed E-state index contributed by atoms with van der Waals surface area (Å²) in [6.07, 6.45) is -0.691. The predicted molar refractivity (Wildman–Crippen MR) is 74.9 cm³/mol. The third-order valence-corrected chi connectivity index (χ3v) is 3.20. The molecule has 0 aliphatic carbocycles. The van der Waals surface area contributed by atoms with E-state index in [1.54, 1.807) is 20.8 Å². The molecule has 1 aliphatic heterocycles. The van der Waals surface area contributed by atoms with Gasteiger partial charge < -0.3 is 9.47 Å². The number of aryl methyl sites for hydroxylation is 1. The van der Waals surface area contributed by atoms with Gasteiger partial charge in [0.25, 0.3) is 11.7 Å². The molecule has 0 aromatic heterocycles. The standard InChI is InChI=1S/C15H18FNO4/c1-4-20-12(21-5-2)8-17-13-10(14(18)15(17)19)6-9(3)7-11(13)16/h6-7,12H,4-5,8H2,1-3H3. The van der Waals surface area contributed by atoms with Crippen molar-refractivity contribution in [3.63, 3.8) is 0 Å². The summed E-state index contributed by atoms with van der Waals surface area (Å²) < 4.78 is 24.9. The summed E-state index contributed by atoms with van der Waals surface area (Å²) in [7, 11) is 0. The molecule has 1 aromatic carbocycles. The van der Waals surface area contributed by atoms with E-state index in [1.807, 2.05) is 0 Å². The van der Waals surface area contributed by atoms with Crippen LogP contribution in [0.1, 0.15) is 29.8 Å². The summed E-state index contributed by atoms with van der Waals surface area (Å²) in [5.74, 6) is -2.03. The van der Waals surface area contributed by atoms with Gasteiger partial charge in [-0.05, 0) is 38.5 Å². The third-order valence-electron chi connectivity index (χ3n) is 3.20. The first-order chi connectivity index (χ1) is 9.99. The zero-order valence-electron chi connectivity index (χ0n) is 12.3. The molecule has 5 nitrogen and oxygen atoms in total. The lowest BCUT2D eigenvalue weighted by Crippen LogP contribution is -2.39. The Labute approximate surface area is 122 Å². The lowest BCUT2D eigenvalue weighted by molar-refractivity contribution is -0.134. The SMILES string of the molecule is CCOC(CN1C(=O)C(=O)c2cc(C)cc(F)c21)OCC. The van der Waals surface area contributed by atoms with Crippen molar-refractivity contribution in [1.82, 2.24) is 0 Å². The topological polar surface area (TPSA) is 55.8 Å². The summed E-state index contributed by atoms with van der Waals surface area (Å²) in [6, 6.07) is 2.82. The summed E-state index contributed by atoms with van der Waals surface area (Å²) >= 11 is 0. The van der Waals surface area contributed by atoms with Crippen molar-refractivity contribution >= 4 is 17.4 Å². The van der Waals surface area contributed by atoms with E-state index < -0.39 is 23.8 Å². The van der Waals surface area contributed by atoms with E-state index >= 15 is 0 Å². The van der Waals surface area contributed by atoms with Crippen LogP contribution in [0.5, 0.6) is 0 Å². The monoisotopic (exact) mass is 295 g/mol. The van der Waals surface area contributed by atoms with Gasteiger partial charge in [0, 0.05) is 13.2 Å². The van der Waals surface area contributed by atoms with Crippen LogP contribution in [0.15, 0.2) is 12.1 Å². The minimum Gasteiger partial charge on any atom is -0.351 e. The van der Waals surface area contributed by atoms with Crippen molar-refractivity contribution in [3.8, 4) is 0 Å². The third kappa shape index (κ3) is 2.96. The fourth-order valence-corrected chi connectivity index (χ4v) is 2.37. The van der Waals surface area contributed by atoms with E-state index in [0.29, 0.717) is 18.8 Å². The molecule has 114 valence electrons. The molecule has 1 heterocycles. The lowest BCUT2D eigenvalue weighted by Gasteiger charge is -2.24. The highest BCUT2D eigenvalue weighted by atomic mass is 19.1. The van der Waals surface area contributed by atoms with Gasteiger partial charge in [-0.1, -0.05) is 0 Å². The molecule has 1 aliphatic rings. The van der Waals surface area contributed by atoms with Crippen LogP contribution in [0.2, 0.25) is 0 Å². The van der Waals surface area contributed by atoms with E-state index in [4.69, 9.17) is 9.47 Å². The van der Waals surface area contributed by atoms with Gasteiger partial charge in [-0.3, -0.25) is 14.5 Å². The van der Waals surface area contributed by atoms with Crippen LogP contribution in [-0.2, 0) is 14.3 Å². The minimum absolute atomic E-state index is 0.0139. The molecule has 1 aromatic rings. The lowest BCUT2D eigenvalue weighted by atomic mass is 10.1. The molecule has 0 saturated carbocycles. The maximum atomic E-state index is 14.1. The van der Waals surface area contributed by atoms with Gasteiger partial charge >= 0.3 is 0 Å². The smallest absolute Gasteiger partial charge is 0.299 e. The number of carbonyl (C=O) groups excluding carboxylic acids is 2. The van der Waals surface area contributed by atoms with Gasteiger partial charge in [0.15, 0.2) is 6.29 Å². The quantitative estimate of drug-likeness (QED) is 0.595. The van der Waals surface area contributed by atoms with Crippen LogP contribution in [0.4, 0.5) is 10.1 Å². The molecule has 1 amide bonds. The van der Waals surface area contributed by atoms with Crippen molar-refractivity contribution in [1.29, 1.82) is 0 Å². The first-order valence-corrected chi connectivity index (χ1v) is 6.89. The van der Waals surface area contributed by atoms with Crippen molar-refractivity contribution in [2.45, 2.75) is 27.1 Å². The average Bonchev–Trinajstić information content (AvgIpc) is 2.65. The molecule has 0 atom stereocenters. The number of ether oxygens (including phenoxy) is 2. The molecule has 0 spiro atoms. The van der Waals surface area contributed by atoms with E-state index in [-0.39, 0.29) is 17.8 Å². The number of halogens is 1. The Kier molecular flexibility index (Phi) is 4.69. The number of fused-ring (bicyclic) bond motifs is 1. The predicted octanol–water partition coefficient (Wildman–Crippen LogP) is 2.06. The number of rotatable bonds is 6. The summed E-state index contributed by atoms with van der Waals surface area (Å²) in [6.45, 7) is 6.03. The molecule has 0 saturated heterocycles. The maximum Gasteiger partial charge on any atom is 0.299 e. The summed E-state index contributed by atoms with van der Waals surface area (Å²) in [5, 5.41) is 0. The molecule has 2 rings (SSSR count). The Hall–Kier alpha value is -1.79. The number of hydrogen-bond donors (Lipinski definition) is 0. The number of carbonyl (C=O) groups is 2. The second-order valence-corrected chi connectivity index (χ2v) is 4.73. The van der Waals surface area contributed by atoms with E-state index in [0.717, 1.165) is 4.90 Å². The first kappa shape index (κ1) is 15.6. The number of benzene rings is 1. The van der Waals surface area contributed by atoms with Crippen LogP contribution in [-0.4, -0.2) is 37.7 Å². The van der Waals surface area contributed by atoms with E-state index in [2.05, 4.69) is 0 Å². The van der Waals surface area contributed by atoms with E-state index in [1.165, 1.54) is 12.1 Å². The molecule has 6 heteroatoms. The number of nitrogens with zero attached hydrogens (tertiary/aromatic N) is 1. The molecule has 0 radical (unpaired) electrons.